The average molecular weight is 311 g/mol. The number of anilines is 1. The first-order chi connectivity index (χ1) is 8.50. The van der Waals surface area contributed by atoms with Gasteiger partial charge in [-0.25, -0.2) is 0 Å². The number of nitrogens with two attached hydrogens (primary N) is 1. The minimum atomic E-state index is 0.107. The van der Waals surface area contributed by atoms with E-state index in [1.807, 2.05) is 11.0 Å². The van der Waals surface area contributed by atoms with E-state index in [0.717, 1.165) is 17.3 Å². The molecule has 98 valence electrons. The number of rotatable bonds is 1. The Balaban J connectivity index is 2.26. The quantitative estimate of drug-likeness (QED) is 0.808. The second-order valence-corrected chi connectivity index (χ2v) is 5.93. The van der Waals surface area contributed by atoms with E-state index in [0.29, 0.717) is 23.3 Å². The lowest BCUT2D eigenvalue weighted by molar-refractivity contribution is 0.0511. The number of likely N-dealkylation sites (tertiary alicyclic amines) is 1. The second kappa shape index (κ2) is 5.31. The molecule has 1 aliphatic rings. The minimum Gasteiger partial charge on any atom is -0.398 e. The number of carbonyl (C=O) groups excluding carboxylic acids is 1. The number of nitrogens with zero attached hydrogens (tertiary/aromatic N) is 1. The summed E-state index contributed by atoms with van der Waals surface area (Å²) in [7, 11) is 0. The van der Waals surface area contributed by atoms with E-state index < -0.39 is 0 Å². The van der Waals surface area contributed by atoms with Gasteiger partial charge in [0.2, 0.25) is 0 Å². The summed E-state index contributed by atoms with van der Waals surface area (Å²) in [6.07, 6.45) is 3.38. The molecule has 3 nitrogen and oxygen atoms in total. The molecule has 0 aromatic heterocycles. The van der Waals surface area contributed by atoms with Crippen molar-refractivity contribution in [2.45, 2.75) is 45.2 Å². The third kappa shape index (κ3) is 2.53. The maximum Gasteiger partial charge on any atom is 0.254 e. The van der Waals surface area contributed by atoms with E-state index in [1.165, 1.54) is 6.42 Å². The molecule has 1 heterocycles. The second-order valence-electron chi connectivity index (χ2n) is 5.08. The normalized spacial score (nSPS) is 24.1. The van der Waals surface area contributed by atoms with Crippen LogP contribution in [0.15, 0.2) is 22.7 Å². The molecule has 2 atom stereocenters. The highest BCUT2D eigenvalue weighted by atomic mass is 79.9. The van der Waals surface area contributed by atoms with Crippen LogP contribution in [0.25, 0.3) is 0 Å². The van der Waals surface area contributed by atoms with Crippen LogP contribution in [0.4, 0.5) is 5.69 Å². The van der Waals surface area contributed by atoms with Crippen LogP contribution in [0.3, 0.4) is 0 Å². The first kappa shape index (κ1) is 13.4. The summed E-state index contributed by atoms with van der Waals surface area (Å²) in [4.78, 5) is 14.5. The first-order valence-electron chi connectivity index (χ1n) is 6.38. The molecular weight excluding hydrogens is 292 g/mol. The van der Waals surface area contributed by atoms with Crippen molar-refractivity contribution >= 4 is 27.5 Å². The molecule has 4 heteroatoms. The van der Waals surface area contributed by atoms with Crippen LogP contribution < -0.4 is 5.73 Å². The van der Waals surface area contributed by atoms with Crippen molar-refractivity contribution in [1.29, 1.82) is 0 Å². The number of halogens is 1. The van der Waals surface area contributed by atoms with E-state index in [1.54, 1.807) is 12.1 Å². The molecule has 2 unspecified atom stereocenters. The van der Waals surface area contributed by atoms with Gasteiger partial charge in [0.1, 0.15) is 0 Å². The van der Waals surface area contributed by atoms with Crippen molar-refractivity contribution in [3.63, 3.8) is 0 Å². The van der Waals surface area contributed by atoms with Crippen molar-refractivity contribution in [3.8, 4) is 0 Å². The predicted octanol–water partition coefficient (Wildman–Crippen LogP) is 3.43. The summed E-state index contributed by atoms with van der Waals surface area (Å²) in [5, 5.41) is 0. The Hall–Kier alpha value is -1.03. The lowest BCUT2D eigenvalue weighted by Crippen LogP contribution is -2.47. The topological polar surface area (TPSA) is 46.3 Å². The van der Waals surface area contributed by atoms with Crippen LogP contribution in [-0.2, 0) is 0 Å². The van der Waals surface area contributed by atoms with Crippen LogP contribution in [0.1, 0.15) is 43.5 Å². The maximum atomic E-state index is 12.5. The molecule has 1 aromatic carbocycles. The standard InChI is InChI=1S/C14H19BrN2O/c1-9-4-3-5-10(2)17(9)14(18)11-6-7-13(16)12(15)8-11/h6-10H,3-5,16H2,1-2H3. The molecule has 0 saturated carbocycles. The van der Waals surface area contributed by atoms with Gasteiger partial charge in [0, 0.05) is 27.8 Å². The van der Waals surface area contributed by atoms with Gasteiger partial charge in [-0.1, -0.05) is 0 Å². The fraction of sp³-hybridized carbons (Fsp3) is 0.500. The molecule has 0 radical (unpaired) electrons. The number of hydrogen-bond donors (Lipinski definition) is 1. The van der Waals surface area contributed by atoms with Gasteiger partial charge in [0.25, 0.3) is 5.91 Å². The zero-order valence-corrected chi connectivity index (χ0v) is 12.4. The Morgan fingerprint density at radius 2 is 1.94 bits per heavy atom. The molecule has 18 heavy (non-hydrogen) atoms. The monoisotopic (exact) mass is 310 g/mol. The number of nitrogen functional groups attached to an aromatic ring is 1. The van der Waals surface area contributed by atoms with Crippen LogP contribution in [-0.4, -0.2) is 22.9 Å². The van der Waals surface area contributed by atoms with Crippen LogP contribution in [0.5, 0.6) is 0 Å². The SMILES string of the molecule is CC1CCCC(C)N1C(=O)c1ccc(N)c(Br)c1. The van der Waals surface area contributed by atoms with Gasteiger partial charge in [-0.3, -0.25) is 4.79 Å². The molecular formula is C14H19BrN2O. The maximum absolute atomic E-state index is 12.5. The molecule has 0 bridgehead atoms. The zero-order valence-electron chi connectivity index (χ0n) is 10.8. The van der Waals surface area contributed by atoms with Crippen molar-refractivity contribution < 1.29 is 4.79 Å². The number of benzene rings is 1. The van der Waals surface area contributed by atoms with E-state index in [-0.39, 0.29) is 5.91 Å². The molecule has 2 rings (SSSR count). The van der Waals surface area contributed by atoms with E-state index in [2.05, 4.69) is 29.8 Å². The lowest BCUT2D eigenvalue weighted by Gasteiger charge is -2.39. The summed E-state index contributed by atoms with van der Waals surface area (Å²) in [5.74, 6) is 0.107. The van der Waals surface area contributed by atoms with Crippen molar-refractivity contribution in [1.82, 2.24) is 4.90 Å². The first-order valence-corrected chi connectivity index (χ1v) is 7.17. The van der Waals surface area contributed by atoms with Crippen LogP contribution in [0.2, 0.25) is 0 Å². The molecule has 0 aliphatic carbocycles. The van der Waals surface area contributed by atoms with Crippen molar-refractivity contribution in [3.05, 3.63) is 28.2 Å². The zero-order chi connectivity index (χ0) is 13.3. The largest absolute Gasteiger partial charge is 0.398 e. The van der Waals surface area contributed by atoms with E-state index in [4.69, 9.17) is 5.73 Å². The molecule has 0 spiro atoms. The summed E-state index contributed by atoms with van der Waals surface area (Å²) in [5.41, 5.74) is 7.11. The third-order valence-electron chi connectivity index (χ3n) is 3.68. The smallest absolute Gasteiger partial charge is 0.254 e. The molecule has 1 saturated heterocycles. The van der Waals surface area contributed by atoms with Crippen LogP contribution in [0, 0.1) is 0 Å². The van der Waals surface area contributed by atoms with E-state index >= 15 is 0 Å². The van der Waals surface area contributed by atoms with Gasteiger partial charge in [-0.15, -0.1) is 0 Å². The molecule has 2 N–H and O–H groups in total. The molecule has 1 aromatic rings. The highest BCUT2D eigenvalue weighted by molar-refractivity contribution is 9.10. The van der Waals surface area contributed by atoms with Gasteiger partial charge in [-0.05, 0) is 67.2 Å². The van der Waals surface area contributed by atoms with Gasteiger partial charge in [-0.2, -0.15) is 0 Å². The minimum absolute atomic E-state index is 0.107. The Kier molecular flexibility index (Phi) is 3.95. The Bertz CT molecular complexity index is 451. The molecule has 1 amide bonds. The highest BCUT2D eigenvalue weighted by Crippen LogP contribution is 2.27. The fourth-order valence-corrected chi connectivity index (χ4v) is 3.01. The summed E-state index contributed by atoms with van der Waals surface area (Å²) in [6.45, 7) is 4.25. The van der Waals surface area contributed by atoms with Crippen LogP contribution >= 0.6 is 15.9 Å². The van der Waals surface area contributed by atoms with Gasteiger partial charge in [0.15, 0.2) is 0 Å². The summed E-state index contributed by atoms with van der Waals surface area (Å²) >= 11 is 3.37. The fourth-order valence-electron chi connectivity index (χ4n) is 2.63. The Morgan fingerprint density at radius 3 is 2.50 bits per heavy atom. The van der Waals surface area contributed by atoms with Gasteiger partial charge < -0.3 is 10.6 Å². The lowest BCUT2D eigenvalue weighted by atomic mass is 9.96. The average Bonchev–Trinajstić information content (AvgIpc) is 2.32. The van der Waals surface area contributed by atoms with Crippen molar-refractivity contribution in [2.75, 3.05) is 5.73 Å². The summed E-state index contributed by atoms with van der Waals surface area (Å²) < 4.78 is 0.783. The number of carbonyl (C=O) groups is 1. The molecule has 1 aliphatic heterocycles. The van der Waals surface area contributed by atoms with Crippen molar-refractivity contribution in [2.24, 2.45) is 0 Å². The van der Waals surface area contributed by atoms with Gasteiger partial charge >= 0.3 is 0 Å². The number of amides is 1. The number of hydrogen-bond acceptors (Lipinski definition) is 2. The highest BCUT2D eigenvalue weighted by Gasteiger charge is 2.29. The van der Waals surface area contributed by atoms with E-state index in [9.17, 15) is 4.79 Å². The van der Waals surface area contributed by atoms with Gasteiger partial charge in [0.05, 0.1) is 0 Å². The Labute approximate surface area is 116 Å². The molecule has 1 fully saturated rings. The third-order valence-corrected chi connectivity index (χ3v) is 4.36. The predicted molar refractivity (Wildman–Crippen MR) is 77.5 cm³/mol. The summed E-state index contributed by atoms with van der Waals surface area (Å²) in [6, 6.07) is 6.02. The Morgan fingerprint density at radius 1 is 1.33 bits per heavy atom. The number of piperidine rings is 1.